The molecule has 38 heavy (non-hydrogen) atoms. The fourth-order valence-corrected chi connectivity index (χ4v) is 11.4. The van der Waals surface area contributed by atoms with Crippen LogP contribution in [0.2, 0.25) is 0 Å². The van der Waals surface area contributed by atoms with Gasteiger partial charge in [-0.25, -0.2) is 0 Å². The molecule has 5 rings (SSSR count). The molecular formula is C32H50O6. The molecule has 4 fully saturated rings. The average molecular weight is 531 g/mol. The second kappa shape index (κ2) is 8.63. The highest BCUT2D eigenvalue weighted by Gasteiger charge is 2.73. The van der Waals surface area contributed by atoms with E-state index in [4.69, 9.17) is 4.74 Å². The van der Waals surface area contributed by atoms with Gasteiger partial charge in [0.25, 0.3) is 0 Å². The minimum Gasteiger partial charge on any atom is -0.465 e. The highest BCUT2D eigenvalue weighted by Crippen LogP contribution is 2.76. The number of ether oxygens (including phenoxy) is 1. The van der Waals surface area contributed by atoms with Crippen molar-refractivity contribution >= 4 is 11.8 Å². The number of rotatable bonds is 3. The van der Waals surface area contributed by atoms with Crippen molar-refractivity contribution in [2.45, 2.75) is 112 Å². The molecule has 214 valence electrons. The number of esters is 1. The standard InChI is InChI=1S/C32H50O6/c1-17(2)20-13-22(35)26-31(8)10-9-19-25(30(31,7)11-12-32(20,26)16-38-18(3)33)21(34)14-24-28(4,5)27(37)23(36)15-29(19,24)6/h9,17,20-26,34-36H,10-16H2,1-8H3/t20-,21-,22+,23+,24?,25-,26?,29+,30-,31+,32+/m0/s1. The zero-order valence-corrected chi connectivity index (χ0v) is 24.7. The van der Waals surface area contributed by atoms with Crippen molar-refractivity contribution in [1.82, 2.24) is 0 Å². The predicted molar refractivity (Wildman–Crippen MR) is 145 cm³/mol. The van der Waals surface area contributed by atoms with E-state index in [-0.39, 0.29) is 57.1 Å². The summed E-state index contributed by atoms with van der Waals surface area (Å²) in [5.41, 5.74) is -0.740. The van der Waals surface area contributed by atoms with Gasteiger partial charge >= 0.3 is 5.97 Å². The number of aliphatic hydroxyl groups is 3. The Morgan fingerprint density at radius 3 is 2.29 bits per heavy atom. The SMILES string of the molecule is CC(=O)OC[C@@]12CC[C@@]3(C)[C@H]4C(=CC[C@]3(C)C1[C@H](O)C[C@H]2C(C)C)[C@@]1(C)C[C@@H](O)C(=O)C(C)(C)C1C[C@@H]4O. The first kappa shape index (κ1) is 28.3. The number of carbonyl (C=O) groups excluding carboxylic acids is 2. The molecule has 0 bridgehead atoms. The van der Waals surface area contributed by atoms with E-state index in [9.17, 15) is 24.9 Å². The van der Waals surface area contributed by atoms with E-state index in [1.54, 1.807) is 0 Å². The van der Waals surface area contributed by atoms with Crippen LogP contribution in [-0.4, -0.2) is 52.0 Å². The average Bonchev–Trinajstić information content (AvgIpc) is 3.12. The van der Waals surface area contributed by atoms with Gasteiger partial charge in [-0.2, -0.15) is 0 Å². The molecule has 0 heterocycles. The van der Waals surface area contributed by atoms with Crippen LogP contribution in [-0.2, 0) is 14.3 Å². The molecule has 5 aliphatic carbocycles. The van der Waals surface area contributed by atoms with Crippen molar-refractivity contribution in [3.05, 3.63) is 11.6 Å². The molecule has 2 unspecified atom stereocenters. The first-order chi connectivity index (χ1) is 17.5. The normalized spacial score (nSPS) is 51.4. The summed E-state index contributed by atoms with van der Waals surface area (Å²) in [7, 11) is 0. The van der Waals surface area contributed by atoms with Gasteiger partial charge < -0.3 is 20.1 Å². The van der Waals surface area contributed by atoms with Gasteiger partial charge in [0.1, 0.15) is 6.10 Å². The molecule has 5 aliphatic rings. The highest BCUT2D eigenvalue weighted by molar-refractivity contribution is 5.89. The smallest absolute Gasteiger partial charge is 0.302 e. The van der Waals surface area contributed by atoms with Gasteiger partial charge in [-0.05, 0) is 72.5 Å². The van der Waals surface area contributed by atoms with Gasteiger partial charge in [-0.3, -0.25) is 9.59 Å². The molecule has 0 aromatic rings. The summed E-state index contributed by atoms with van der Waals surface area (Å²) in [6.07, 6.45) is 4.39. The minimum absolute atomic E-state index is 0.0367. The van der Waals surface area contributed by atoms with E-state index in [1.165, 1.54) is 12.5 Å². The number of hydrogen-bond acceptors (Lipinski definition) is 6. The zero-order valence-electron chi connectivity index (χ0n) is 24.7. The second-order valence-corrected chi connectivity index (χ2v) is 15.4. The molecule has 0 spiro atoms. The molecule has 3 N–H and O–H groups in total. The lowest BCUT2D eigenvalue weighted by molar-refractivity contribution is -0.213. The number of Topliss-reactive ketones (excluding diaryl/α,β-unsaturated/α-hetero) is 1. The largest absolute Gasteiger partial charge is 0.465 e. The van der Waals surface area contributed by atoms with E-state index in [1.807, 2.05) is 13.8 Å². The van der Waals surface area contributed by atoms with Gasteiger partial charge in [0.05, 0.1) is 18.8 Å². The Morgan fingerprint density at radius 2 is 1.68 bits per heavy atom. The van der Waals surface area contributed by atoms with Crippen LogP contribution < -0.4 is 0 Å². The van der Waals surface area contributed by atoms with Gasteiger partial charge in [0.2, 0.25) is 0 Å². The van der Waals surface area contributed by atoms with Crippen LogP contribution in [0.3, 0.4) is 0 Å². The summed E-state index contributed by atoms with van der Waals surface area (Å²) < 4.78 is 5.76. The molecule has 11 atom stereocenters. The first-order valence-corrected chi connectivity index (χ1v) is 14.9. The lowest BCUT2D eigenvalue weighted by atomic mass is 9.35. The Kier molecular flexibility index (Phi) is 6.43. The molecule has 0 radical (unpaired) electrons. The Labute approximate surface area is 228 Å². The summed E-state index contributed by atoms with van der Waals surface area (Å²) in [5.74, 6) is 0.0383. The molecule has 0 amide bonds. The quantitative estimate of drug-likeness (QED) is 0.361. The molecule has 0 aromatic heterocycles. The summed E-state index contributed by atoms with van der Waals surface area (Å²) in [6.45, 7) is 16.9. The topological polar surface area (TPSA) is 104 Å². The molecule has 0 aliphatic heterocycles. The summed E-state index contributed by atoms with van der Waals surface area (Å²) in [5, 5.41) is 34.5. The number of carbonyl (C=O) groups is 2. The van der Waals surface area contributed by atoms with Gasteiger partial charge in [-0.15, -0.1) is 0 Å². The van der Waals surface area contributed by atoms with E-state index in [0.29, 0.717) is 31.8 Å². The van der Waals surface area contributed by atoms with Gasteiger partial charge in [0.15, 0.2) is 5.78 Å². The van der Waals surface area contributed by atoms with Crippen LogP contribution in [0.25, 0.3) is 0 Å². The van der Waals surface area contributed by atoms with Crippen molar-refractivity contribution in [1.29, 1.82) is 0 Å². The molecule has 0 saturated heterocycles. The number of hydrogen-bond donors (Lipinski definition) is 3. The van der Waals surface area contributed by atoms with Crippen LogP contribution >= 0.6 is 0 Å². The molecule has 6 nitrogen and oxygen atoms in total. The summed E-state index contributed by atoms with van der Waals surface area (Å²) in [4.78, 5) is 25.0. The fraction of sp³-hybridized carbons (Fsp3) is 0.875. The van der Waals surface area contributed by atoms with Gasteiger partial charge in [-0.1, -0.05) is 60.1 Å². The van der Waals surface area contributed by atoms with Crippen LogP contribution in [0.5, 0.6) is 0 Å². The third-order valence-electron chi connectivity index (χ3n) is 13.2. The molecular weight excluding hydrogens is 480 g/mol. The molecule has 4 saturated carbocycles. The van der Waals surface area contributed by atoms with E-state index >= 15 is 0 Å². The Morgan fingerprint density at radius 1 is 1.03 bits per heavy atom. The maximum atomic E-state index is 13.0. The highest BCUT2D eigenvalue weighted by atomic mass is 16.5. The van der Waals surface area contributed by atoms with Crippen molar-refractivity contribution in [3.63, 3.8) is 0 Å². The van der Waals surface area contributed by atoms with E-state index in [2.05, 4.69) is 40.7 Å². The third kappa shape index (κ3) is 3.41. The van der Waals surface area contributed by atoms with Crippen LogP contribution in [0.1, 0.15) is 93.9 Å². The maximum absolute atomic E-state index is 13.0. The van der Waals surface area contributed by atoms with Gasteiger partial charge in [0, 0.05) is 29.6 Å². The maximum Gasteiger partial charge on any atom is 0.302 e. The fourth-order valence-electron chi connectivity index (χ4n) is 11.4. The predicted octanol–water partition coefficient (Wildman–Crippen LogP) is 4.69. The lowest BCUT2D eigenvalue weighted by Crippen LogP contribution is -2.67. The van der Waals surface area contributed by atoms with Crippen molar-refractivity contribution in [3.8, 4) is 0 Å². The molecule has 6 heteroatoms. The van der Waals surface area contributed by atoms with Crippen molar-refractivity contribution < 1.29 is 29.6 Å². The second-order valence-electron chi connectivity index (χ2n) is 15.4. The minimum atomic E-state index is -0.990. The van der Waals surface area contributed by atoms with Crippen LogP contribution in [0.4, 0.5) is 0 Å². The number of fused-ring (bicyclic) bond motifs is 7. The number of aliphatic hydroxyl groups excluding tert-OH is 3. The van der Waals surface area contributed by atoms with E-state index in [0.717, 1.165) is 19.3 Å². The monoisotopic (exact) mass is 530 g/mol. The number of allylic oxidation sites excluding steroid dienone is 1. The summed E-state index contributed by atoms with van der Waals surface area (Å²) in [6, 6.07) is 0. The first-order valence-electron chi connectivity index (χ1n) is 14.9. The lowest BCUT2D eigenvalue weighted by Gasteiger charge is -2.70. The van der Waals surface area contributed by atoms with Crippen molar-refractivity contribution in [2.24, 2.45) is 56.7 Å². The molecule has 0 aromatic carbocycles. The Bertz CT molecular complexity index is 1050. The Hall–Kier alpha value is -1.24. The number of ketones is 1. The van der Waals surface area contributed by atoms with Crippen LogP contribution in [0.15, 0.2) is 11.6 Å². The van der Waals surface area contributed by atoms with E-state index < -0.39 is 23.7 Å². The summed E-state index contributed by atoms with van der Waals surface area (Å²) >= 11 is 0. The van der Waals surface area contributed by atoms with Crippen molar-refractivity contribution in [2.75, 3.05) is 6.61 Å². The Balaban J connectivity index is 1.63. The third-order valence-corrected chi connectivity index (χ3v) is 13.2. The van der Waals surface area contributed by atoms with Crippen LogP contribution in [0, 0.1) is 56.7 Å². The zero-order chi connectivity index (χ0) is 28.2.